The van der Waals surface area contributed by atoms with Crippen LogP contribution in [0.1, 0.15) is 39.3 Å². The Bertz CT molecular complexity index is 645. The lowest BCUT2D eigenvalue weighted by Crippen LogP contribution is -2.29. The lowest BCUT2D eigenvalue weighted by Gasteiger charge is -2.16. The number of carbonyl (C=O) groups is 1. The fourth-order valence-electron chi connectivity index (χ4n) is 2.26. The summed E-state index contributed by atoms with van der Waals surface area (Å²) in [6.07, 6.45) is 9.53. The molecule has 2 rings (SSSR count). The van der Waals surface area contributed by atoms with E-state index in [1.807, 2.05) is 13.8 Å². The molecule has 1 fully saturated rings. The van der Waals surface area contributed by atoms with E-state index in [1.165, 1.54) is 7.05 Å². The quantitative estimate of drug-likeness (QED) is 0.587. The number of carbonyl (C=O) groups excluding carboxylic acids is 1. The average molecular weight is 370 g/mol. The largest absolute Gasteiger partial charge is 0.463 e. The second-order valence-electron chi connectivity index (χ2n) is 5.74. The van der Waals surface area contributed by atoms with Crippen molar-refractivity contribution in [2.45, 2.75) is 45.4 Å². The summed E-state index contributed by atoms with van der Waals surface area (Å²) in [6, 6.07) is 0. The number of nitrogens with zero attached hydrogens (tertiary/aromatic N) is 2. The lowest BCUT2D eigenvalue weighted by atomic mass is 10.1. The summed E-state index contributed by atoms with van der Waals surface area (Å²) < 4.78 is 25.2. The molecule has 0 amide bonds. The highest BCUT2D eigenvalue weighted by Crippen LogP contribution is 2.27. The smallest absolute Gasteiger partial charge is 0.351 e. The maximum atomic E-state index is 13.4. The molecule has 1 aromatic heterocycles. The highest BCUT2D eigenvalue weighted by Gasteiger charge is 2.29. The number of aromatic nitrogens is 2. The van der Waals surface area contributed by atoms with E-state index in [2.05, 4.69) is 23.6 Å². The first-order valence-corrected chi connectivity index (χ1v) is 8.13. The molecule has 1 saturated heterocycles. The molecular formula is C17H27FN4O4. The predicted octanol–water partition coefficient (Wildman–Crippen LogP) is 1.06. The summed E-state index contributed by atoms with van der Waals surface area (Å²) in [6.45, 7) is 3.98. The van der Waals surface area contributed by atoms with Crippen LogP contribution in [0.15, 0.2) is 11.0 Å². The van der Waals surface area contributed by atoms with Gasteiger partial charge in [0.25, 0.3) is 0 Å². The molecule has 1 aromatic rings. The van der Waals surface area contributed by atoms with Gasteiger partial charge in [-0.15, -0.1) is 12.8 Å². The molecule has 0 aromatic carbocycles. The van der Waals surface area contributed by atoms with Crippen molar-refractivity contribution in [3.63, 3.8) is 0 Å². The van der Waals surface area contributed by atoms with Crippen molar-refractivity contribution in [2.75, 3.05) is 19.4 Å². The van der Waals surface area contributed by atoms with E-state index in [9.17, 15) is 14.0 Å². The van der Waals surface area contributed by atoms with Gasteiger partial charge in [-0.3, -0.25) is 9.36 Å². The van der Waals surface area contributed by atoms with Crippen molar-refractivity contribution in [2.24, 2.45) is 11.7 Å². The van der Waals surface area contributed by atoms with Crippen molar-refractivity contribution in [1.29, 1.82) is 0 Å². The van der Waals surface area contributed by atoms with Crippen LogP contribution in [-0.4, -0.2) is 35.3 Å². The summed E-state index contributed by atoms with van der Waals surface area (Å²) in [5.41, 5.74) is 9.07. The molecule has 0 bridgehead atoms. The van der Waals surface area contributed by atoms with Gasteiger partial charge in [-0.25, -0.2) is 9.18 Å². The lowest BCUT2D eigenvalue weighted by molar-refractivity contribution is -0.149. The maximum absolute atomic E-state index is 13.4. The molecule has 2 heterocycles. The van der Waals surface area contributed by atoms with Gasteiger partial charge >= 0.3 is 11.7 Å². The summed E-state index contributed by atoms with van der Waals surface area (Å²) >= 11 is 0. The number of nitrogen functional groups attached to an aromatic ring is 1. The Morgan fingerprint density at radius 1 is 1.46 bits per heavy atom. The highest BCUT2D eigenvalue weighted by molar-refractivity contribution is 5.69. The Hall–Kier alpha value is -2.44. The summed E-state index contributed by atoms with van der Waals surface area (Å²) in [5.74, 6) is -1.25. The topological polar surface area (TPSA) is 122 Å². The van der Waals surface area contributed by atoms with E-state index in [-0.39, 0.29) is 24.6 Å². The fourth-order valence-corrected chi connectivity index (χ4v) is 2.26. The Morgan fingerprint density at radius 2 is 2.08 bits per heavy atom. The number of halogens is 1. The van der Waals surface area contributed by atoms with Crippen LogP contribution in [-0.2, 0) is 14.3 Å². The standard InChI is InChI=1S/C14H20FN3O4.C2H2.CH5N/c1-8(2)5-12(19)21-7-9-3-4-11(22-9)18-6-10(15)13(16)17-14(18)20;2*1-2/h6,8-9,11H,3-5,7H2,1-2H3,(H2,16,17,20);1-2H;2H2,1H3. The Labute approximate surface area is 152 Å². The molecule has 2 atom stereocenters. The van der Waals surface area contributed by atoms with Crippen LogP contribution in [0.2, 0.25) is 0 Å². The summed E-state index contributed by atoms with van der Waals surface area (Å²) in [4.78, 5) is 26.6. The van der Waals surface area contributed by atoms with Gasteiger partial charge < -0.3 is 20.9 Å². The number of rotatable bonds is 5. The van der Waals surface area contributed by atoms with Gasteiger partial charge in [-0.2, -0.15) is 4.98 Å². The maximum Gasteiger partial charge on any atom is 0.351 e. The van der Waals surface area contributed by atoms with E-state index in [0.717, 1.165) is 10.8 Å². The molecular weight excluding hydrogens is 343 g/mol. The van der Waals surface area contributed by atoms with E-state index < -0.39 is 23.6 Å². The van der Waals surface area contributed by atoms with Crippen molar-refractivity contribution in [3.05, 3.63) is 22.5 Å². The Kier molecular flexibility index (Phi) is 10.9. The van der Waals surface area contributed by atoms with Crippen molar-refractivity contribution >= 4 is 11.8 Å². The van der Waals surface area contributed by atoms with Crippen LogP contribution in [0.25, 0.3) is 0 Å². The van der Waals surface area contributed by atoms with Gasteiger partial charge in [-0.05, 0) is 25.8 Å². The highest BCUT2D eigenvalue weighted by atomic mass is 19.1. The first kappa shape index (κ1) is 23.6. The third-order valence-corrected chi connectivity index (χ3v) is 3.33. The molecule has 1 aliphatic rings. The molecule has 2 unspecified atom stereocenters. The van der Waals surface area contributed by atoms with Crippen LogP contribution in [0, 0.1) is 24.6 Å². The SMILES string of the molecule is C#C.CC(C)CC(=O)OCC1CCC(n2cc(F)c(N)nc2=O)O1.CN. The van der Waals surface area contributed by atoms with E-state index in [4.69, 9.17) is 15.2 Å². The van der Waals surface area contributed by atoms with Crippen LogP contribution < -0.4 is 17.2 Å². The summed E-state index contributed by atoms with van der Waals surface area (Å²) in [7, 11) is 1.50. The zero-order valence-electron chi connectivity index (χ0n) is 15.4. The van der Waals surface area contributed by atoms with E-state index in [0.29, 0.717) is 19.3 Å². The van der Waals surface area contributed by atoms with Crippen LogP contribution >= 0.6 is 0 Å². The number of terminal acetylenes is 1. The predicted molar refractivity (Wildman–Crippen MR) is 96.4 cm³/mol. The Balaban J connectivity index is 0.00000146. The number of nitrogens with two attached hydrogens (primary N) is 2. The van der Waals surface area contributed by atoms with Crippen LogP contribution in [0.4, 0.5) is 10.2 Å². The van der Waals surface area contributed by atoms with Gasteiger partial charge in [-0.1, -0.05) is 13.8 Å². The number of esters is 1. The average Bonchev–Trinajstić information content (AvgIpc) is 3.08. The van der Waals surface area contributed by atoms with Crippen LogP contribution in [0.3, 0.4) is 0 Å². The minimum Gasteiger partial charge on any atom is -0.463 e. The molecule has 4 N–H and O–H groups in total. The molecule has 0 radical (unpaired) electrons. The molecule has 0 spiro atoms. The summed E-state index contributed by atoms with van der Waals surface area (Å²) in [5, 5.41) is 0. The minimum absolute atomic E-state index is 0.127. The first-order chi connectivity index (χ1) is 12.4. The molecule has 26 heavy (non-hydrogen) atoms. The van der Waals surface area contributed by atoms with Crippen molar-refractivity contribution < 1.29 is 18.7 Å². The minimum atomic E-state index is -0.769. The molecule has 1 aliphatic heterocycles. The third-order valence-electron chi connectivity index (χ3n) is 3.33. The first-order valence-electron chi connectivity index (χ1n) is 8.13. The number of hydrogen-bond donors (Lipinski definition) is 2. The number of ether oxygens (including phenoxy) is 2. The normalized spacial score (nSPS) is 18.3. The molecule has 8 nitrogen and oxygen atoms in total. The Morgan fingerprint density at radius 3 is 2.65 bits per heavy atom. The van der Waals surface area contributed by atoms with Crippen molar-refractivity contribution in [1.82, 2.24) is 9.55 Å². The number of hydrogen-bond acceptors (Lipinski definition) is 7. The molecule has 9 heteroatoms. The van der Waals surface area contributed by atoms with Gasteiger partial charge in [0, 0.05) is 6.42 Å². The molecule has 0 aliphatic carbocycles. The van der Waals surface area contributed by atoms with E-state index >= 15 is 0 Å². The fraction of sp³-hybridized carbons (Fsp3) is 0.588. The monoisotopic (exact) mass is 370 g/mol. The zero-order chi connectivity index (χ0) is 20.3. The van der Waals surface area contributed by atoms with Gasteiger partial charge in [0.15, 0.2) is 11.6 Å². The third kappa shape index (κ3) is 7.21. The van der Waals surface area contributed by atoms with Crippen LogP contribution in [0.5, 0.6) is 0 Å². The van der Waals surface area contributed by atoms with Gasteiger partial charge in [0.2, 0.25) is 0 Å². The second kappa shape index (κ2) is 12.0. The van der Waals surface area contributed by atoms with Crippen molar-refractivity contribution in [3.8, 4) is 12.8 Å². The number of anilines is 1. The zero-order valence-corrected chi connectivity index (χ0v) is 15.4. The van der Waals surface area contributed by atoms with Gasteiger partial charge in [0.1, 0.15) is 12.8 Å². The van der Waals surface area contributed by atoms with E-state index in [1.54, 1.807) is 0 Å². The van der Waals surface area contributed by atoms with Gasteiger partial charge in [0.05, 0.1) is 12.3 Å². The molecule has 146 valence electrons. The molecule has 0 saturated carbocycles. The second-order valence-corrected chi connectivity index (χ2v) is 5.74.